The molecule has 2 aromatic carbocycles. The van der Waals surface area contributed by atoms with Crippen LogP contribution in [0.5, 0.6) is 0 Å². The lowest BCUT2D eigenvalue weighted by Gasteiger charge is -2.18. The van der Waals surface area contributed by atoms with Gasteiger partial charge in [0.2, 0.25) is 0 Å². The van der Waals surface area contributed by atoms with E-state index in [4.69, 9.17) is 0 Å². The smallest absolute Gasteiger partial charge is 0.162 e. The van der Waals surface area contributed by atoms with Gasteiger partial charge >= 0.3 is 0 Å². The van der Waals surface area contributed by atoms with E-state index in [-0.39, 0.29) is 17.5 Å². The molecule has 106 valence electrons. The zero-order valence-corrected chi connectivity index (χ0v) is 10.8. The van der Waals surface area contributed by atoms with Crippen molar-refractivity contribution in [1.29, 1.82) is 0 Å². The minimum atomic E-state index is -0.949. The maximum absolute atomic E-state index is 13.7. The molecule has 0 spiro atoms. The third kappa shape index (κ3) is 2.99. The fourth-order valence-corrected chi connectivity index (χ4v) is 2.08. The maximum Gasteiger partial charge on any atom is 0.162 e. The van der Waals surface area contributed by atoms with Crippen molar-refractivity contribution in [2.24, 2.45) is 0 Å². The first-order valence-electron chi connectivity index (χ1n) is 6.08. The van der Waals surface area contributed by atoms with Crippen molar-refractivity contribution < 1.29 is 17.6 Å². The molecule has 5 heteroatoms. The van der Waals surface area contributed by atoms with E-state index in [0.29, 0.717) is 0 Å². The summed E-state index contributed by atoms with van der Waals surface area (Å²) in [6, 6.07) is 6.46. The minimum Gasteiger partial charge on any atom is -0.313 e. The highest BCUT2D eigenvalue weighted by molar-refractivity contribution is 5.26. The number of halogens is 4. The second-order valence-corrected chi connectivity index (χ2v) is 4.42. The SMILES string of the molecule is CNC(Cc1cccc(F)c1F)c1ccc(F)cc1F. The number of rotatable bonds is 4. The van der Waals surface area contributed by atoms with Gasteiger partial charge in [-0.3, -0.25) is 0 Å². The van der Waals surface area contributed by atoms with Crippen LogP contribution in [0.1, 0.15) is 17.2 Å². The molecule has 0 aromatic heterocycles. The first-order chi connectivity index (χ1) is 9.52. The molecule has 0 fully saturated rings. The summed E-state index contributed by atoms with van der Waals surface area (Å²) in [4.78, 5) is 0. The summed E-state index contributed by atoms with van der Waals surface area (Å²) in [5.74, 6) is -3.30. The average molecular weight is 283 g/mol. The molecule has 2 rings (SSSR count). The molecule has 20 heavy (non-hydrogen) atoms. The molecule has 0 bridgehead atoms. The summed E-state index contributed by atoms with van der Waals surface area (Å²) in [7, 11) is 1.57. The first kappa shape index (κ1) is 14.5. The molecule has 0 aliphatic heterocycles. The lowest BCUT2D eigenvalue weighted by molar-refractivity contribution is 0.479. The maximum atomic E-state index is 13.7. The molecule has 1 unspecified atom stereocenters. The Bertz CT molecular complexity index is 613. The van der Waals surface area contributed by atoms with Crippen molar-refractivity contribution in [3.63, 3.8) is 0 Å². The van der Waals surface area contributed by atoms with Crippen LogP contribution in [-0.4, -0.2) is 7.05 Å². The lowest BCUT2D eigenvalue weighted by Crippen LogP contribution is -2.21. The van der Waals surface area contributed by atoms with E-state index in [1.54, 1.807) is 7.05 Å². The Morgan fingerprint density at radius 3 is 2.40 bits per heavy atom. The van der Waals surface area contributed by atoms with Gasteiger partial charge in [-0.15, -0.1) is 0 Å². The van der Waals surface area contributed by atoms with E-state index >= 15 is 0 Å². The van der Waals surface area contributed by atoms with E-state index in [0.717, 1.165) is 18.2 Å². The molecule has 0 saturated carbocycles. The second-order valence-electron chi connectivity index (χ2n) is 4.42. The minimum absolute atomic E-state index is 0.0582. The van der Waals surface area contributed by atoms with Gasteiger partial charge in [-0.25, -0.2) is 17.6 Å². The quantitative estimate of drug-likeness (QED) is 0.843. The van der Waals surface area contributed by atoms with Crippen LogP contribution in [0, 0.1) is 23.3 Å². The summed E-state index contributed by atoms with van der Waals surface area (Å²) in [5.41, 5.74) is 0.339. The van der Waals surface area contributed by atoms with Crippen LogP contribution in [0.2, 0.25) is 0 Å². The fraction of sp³-hybridized carbons (Fsp3) is 0.200. The Balaban J connectivity index is 2.31. The van der Waals surface area contributed by atoms with Gasteiger partial charge in [0, 0.05) is 17.7 Å². The second kappa shape index (κ2) is 6.05. The third-order valence-electron chi connectivity index (χ3n) is 3.14. The van der Waals surface area contributed by atoms with Crippen molar-refractivity contribution in [2.75, 3.05) is 7.05 Å². The zero-order valence-electron chi connectivity index (χ0n) is 10.8. The average Bonchev–Trinajstić information content (AvgIpc) is 2.41. The van der Waals surface area contributed by atoms with Crippen LogP contribution in [-0.2, 0) is 6.42 Å². The van der Waals surface area contributed by atoms with Gasteiger partial charge in [0.1, 0.15) is 11.6 Å². The Morgan fingerprint density at radius 1 is 1.00 bits per heavy atom. The number of hydrogen-bond donors (Lipinski definition) is 1. The highest BCUT2D eigenvalue weighted by atomic mass is 19.2. The Morgan fingerprint density at radius 2 is 1.75 bits per heavy atom. The molecular weight excluding hydrogens is 270 g/mol. The summed E-state index contributed by atoms with van der Waals surface area (Å²) >= 11 is 0. The summed E-state index contributed by atoms with van der Waals surface area (Å²) in [6.07, 6.45) is 0.0582. The lowest BCUT2D eigenvalue weighted by atomic mass is 9.98. The Labute approximate surface area is 114 Å². The van der Waals surface area contributed by atoms with Gasteiger partial charge in [0.05, 0.1) is 0 Å². The monoisotopic (exact) mass is 283 g/mol. The molecule has 0 saturated heterocycles. The van der Waals surface area contributed by atoms with E-state index in [1.807, 2.05) is 0 Å². The standard InChI is InChI=1S/C15H13F4N/c1-20-14(11-6-5-10(16)8-13(11)18)7-9-3-2-4-12(17)15(9)19/h2-6,8,14,20H,7H2,1H3. The molecule has 1 N–H and O–H groups in total. The van der Waals surface area contributed by atoms with Crippen molar-refractivity contribution in [3.8, 4) is 0 Å². The molecule has 1 atom stereocenters. The largest absolute Gasteiger partial charge is 0.313 e. The summed E-state index contributed by atoms with van der Waals surface area (Å²) in [5, 5.41) is 2.82. The summed E-state index contributed by atoms with van der Waals surface area (Å²) < 4.78 is 53.4. The van der Waals surface area contributed by atoms with Crippen LogP contribution in [0.3, 0.4) is 0 Å². The predicted octanol–water partition coefficient (Wildman–Crippen LogP) is 3.75. The molecule has 0 radical (unpaired) electrons. The number of nitrogens with one attached hydrogen (secondary N) is 1. The van der Waals surface area contributed by atoms with E-state index in [9.17, 15) is 17.6 Å². The predicted molar refractivity (Wildman–Crippen MR) is 68.2 cm³/mol. The molecule has 2 aromatic rings. The van der Waals surface area contributed by atoms with Crippen molar-refractivity contribution in [2.45, 2.75) is 12.5 Å². The number of likely N-dealkylation sites (N-methyl/N-ethyl adjacent to an activating group) is 1. The first-order valence-corrected chi connectivity index (χ1v) is 6.08. The van der Waals surface area contributed by atoms with Crippen molar-refractivity contribution >= 4 is 0 Å². The van der Waals surface area contributed by atoms with Gasteiger partial charge < -0.3 is 5.32 Å². The topological polar surface area (TPSA) is 12.0 Å². The van der Waals surface area contributed by atoms with Gasteiger partial charge in [-0.2, -0.15) is 0 Å². The molecule has 1 nitrogen and oxygen atoms in total. The molecule has 0 aliphatic rings. The van der Waals surface area contributed by atoms with Gasteiger partial charge in [-0.1, -0.05) is 18.2 Å². The van der Waals surface area contributed by atoms with Crippen LogP contribution in [0.25, 0.3) is 0 Å². The van der Waals surface area contributed by atoms with Gasteiger partial charge in [0.25, 0.3) is 0 Å². The normalized spacial score (nSPS) is 12.4. The fourth-order valence-electron chi connectivity index (χ4n) is 2.08. The number of hydrogen-bond acceptors (Lipinski definition) is 1. The zero-order chi connectivity index (χ0) is 14.7. The van der Waals surface area contributed by atoms with Crippen LogP contribution in [0.15, 0.2) is 36.4 Å². The number of benzene rings is 2. The highest BCUT2D eigenvalue weighted by Gasteiger charge is 2.18. The van der Waals surface area contributed by atoms with Gasteiger partial charge in [-0.05, 0) is 31.2 Å². The van der Waals surface area contributed by atoms with E-state index < -0.39 is 29.3 Å². The Hall–Kier alpha value is -1.88. The van der Waals surface area contributed by atoms with E-state index in [1.165, 1.54) is 18.2 Å². The van der Waals surface area contributed by atoms with Crippen molar-refractivity contribution in [3.05, 3.63) is 70.8 Å². The van der Waals surface area contributed by atoms with Crippen LogP contribution >= 0.6 is 0 Å². The third-order valence-corrected chi connectivity index (χ3v) is 3.14. The summed E-state index contributed by atoms with van der Waals surface area (Å²) in [6.45, 7) is 0. The van der Waals surface area contributed by atoms with Crippen LogP contribution in [0.4, 0.5) is 17.6 Å². The molecule has 0 heterocycles. The van der Waals surface area contributed by atoms with E-state index in [2.05, 4.69) is 5.32 Å². The Kier molecular flexibility index (Phi) is 4.39. The van der Waals surface area contributed by atoms with Crippen molar-refractivity contribution in [1.82, 2.24) is 5.32 Å². The molecule has 0 aliphatic carbocycles. The molecule has 0 amide bonds. The van der Waals surface area contributed by atoms with Crippen LogP contribution < -0.4 is 5.32 Å². The highest BCUT2D eigenvalue weighted by Crippen LogP contribution is 2.23. The molecular formula is C15H13F4N. The van der Waals surface area contributed by atoms with Gasteiger partial charge in [0.15, 0.2) is 11.6 Å².